The molecule has 4 aromatic rings. The predicted octanol–water partition coefficient (Wildman–Crippen LogP) is 4.29. The van der Waals surface area contributed by atoms with Gasteiger partial charge in [-0.15, -0.1) is 0 Å². The van der Waals surface area contributed by atoms with Crippen molar-refractivity contribution in [2.45, 2.75) is 0 Å². The zero-order valence-corrected chi connectivity index (χ0v) is 19.1. The lowest BCUT2D eigenvalue weighted by atomic mass is 9.97. The number of carbonyl (C=O) groups excluding carboxylic acids is 2. The van der Waals surface area contributed by atoms with Crippen LogP contribution in [0.15, 0.2) is 66.7 Å². The van der Waals surface area contributed by atoms with E-state index in [1.165, 1.54) is 18.9 Å². The van der Waals surface area contributed by atoms with Crippen LogP contribution in [0.2, 0.25) is 0 Å². The average molecular weight is 460 g/mol. The minimum atomic E-state index is -0.718. The van der Waals surface area contributed by atoms with Gasteiger partial charge in [-0.25, -0.2) is 14.3 Å². The van der Waals surface area contributed by atoms with E-state index in [4.69, 9.17) is 24.0 Å². The summed E-state index contributed by atoms with van der Waals surface area (Å²) in [6.45, 7) is 0.667. The van der Waals surface area contributed by atoms with Gasteiger partial charge in [0.2, 0.25) is 0 Å². The summed E-state index contributed by atoms with van der Waals surface area (Å²) in [5.74, 6) is -0.937. The zero-order valence-electron chi connectivity index (χ0n) is 19.1. The number of fused-ring (bicyclic) bond motifs is 1. The fourth-order valence-electron chi connectivity index (χ4n) is 3.78. The van der Waals surface area contributed by atoms with Crippen LogP contribution in [0.25, 0.3) is 27.7 Å². The van der Waals surface area contributed by atoms with Crippen LogP contribution in [0.4, 0.5) is 0 Å². The van der Waals surface area contributed by atoms with Gasteiger partial charge in [0.15, 0.2) is 5.69 Å². The molecule has 3 aromatic carbocycles. The SMILES string of the molecule is COCCOc1ccc2ccccc2c1-c1nn(-c2ccccc2)c(C(=O)OC)c1C(=O)OC. The van der Waals surface area contributed by atoms with Crippen molar-refractivity contribution in [3.05, 3.63) is 78.0 Å². The number of aromatic nitrogens is 2. The third-order valence-electron chi connectivity index (χ3n) is 5.33. The second-order valence-electron chi connectivity index (χ2n) is 7.30. The molecular weight excluding hydrogens is 436 g/mol. The van der Waals surface area contributed by atoms with Gasteiger partial charge in [-0.1, -0.05) is 48.5 Å². The average Bonchev–Trinajstić information content (AvgIpc) is 3.28. The normalized spacial score (nSPS) is 10.8. The first-order chi connectivity index (χ1) is 16.6. The molecule has 0 saturated heterocycles. The van der Waals surface area contributed by atoms with Crippen molar-refractivity contribution in [1.29, 1.82) is 0 Å². The van der Waals surface area contributed by atoms with Crippen molar-refractivity contribution in [2.24, 2.45) is 0 Å². The number of para-hydroxylation sites is 1. The highest BCUT2D eigenvalue weighted by Crippen LogP contribution is 2.40. The monoisotopic (exact) mass is 460 g/mol. The molecule has 0 spiro atoms. The third-order valence-corrected chi connectivity index (χ3v) is 5.33. The molecule has 8 nitrogen and oxygen atoms in total. The molecule has 0 radical (unpaired) electrons. The molecule has 0 N–H and O–H groups in total. The molecule has 0 aliphatic rings. The lowest BCUT2D eigenvalue weighted by Crippen LogP contribution is -2.15. The van der Waals surface area contributed by atoms with Gasteiger partial charge in [-0.3, -0.25) is 0 Å². The number of benzene rings is 3. The third kappa shape index (κ3) is 4.23. The molecule has 1 heterocycles. The summed E-state index contributed by atoms with van der Waals surface area (Å²) in [6.07, 6.45) is 0. The zero-order chi connectivity index (χ0) is 24.1. The molecule has 0 fully saturated rings. The van der Waals surface area contributed by atoms with E-state index in [-0.39, 0.29) is 17.0 Å². The number of hydrogen-bond acceptors (Lipinski definition) is 7. The summed E-state index contributed by atoms with van der Waals surface area (Å²) in [5.41, 5.74) is 1.36. The second-order valence-corrected chi connectivity index (χ2v) is 7.30. The van der Waals surface area contributed by atoms with Gasteiger partial charge in [0.25, 0.3) is 0 Å². The van der Waals surface area contributed by atoms with Crippen molar-refractivity contribution in [2.75, 3.05) is 34.5 Å². The highest BCUT2D eigenvalue weighted by Gasteiger charge is 2.33. The van der Waals surface area contributed by atoms with Crippen molar-refractivity contribution in [3.8, 4) is 22.7 Å². The first-order valence-corrected chi connectivity index (χ1v) is 10.6. The molecule has 0 aliphatic heterocycles. The Morgan fingerprint density at radius 3 is 2.24 bits per heavy atom. The molecule has 8 heteroatoms. The Labute approximate surface area is 196 Å². The lowest BCUT2D eigenvalue weighted by molar-refractivity contribution is 0.0549. The van der Waals surface area contributed by atoms with Crippen molar-refractivity contribution in [1.82, 2.24) is 9.78 Å². The molecule has 0 saturated carbocycles. The number of rotatable bonds is 8. The second kappa shape index (κ2) is 10.2. The summed E-state index contributed by atoms with van der Waals surface area (Å²) in [7, 11) is 4.10. The Balaban J connectivity index is 2.08. The van der Waals surface area contributed by atoms with Crippen LogP contribution in [0.5, 0.6) is 5.75 Å². The predicted molar refractivity (Wildman–Crippen MR) is 127 cm³/mol. The number of ether oxygens (including phenoxy) is 4. The van der Waals surface area contributed by atoms with Crippen molar-refractivity contribution >= 4 is 22.7 Å². The minimum Gasteiger partial charge on any atom is -0.490 e. The number of methoxy groups -OCH3 is 3. The molecular formula is C26H24N2O6. The van der Waals surface area contributed by atoms with E-state index in [1.807, 2.05) is 54.6 Å². The standard InChI is InChI=1S/C26H24N2O6/c1-31-15-16-34-20-14-13-17-9-7-8-12-19(17)21(20)23-22(25(29)32-2)24(26(30)33-3)28(27-23)18-10-5-4-6-11-18/h4-14H,15-16H2,1-3H3. The first kappa shape index (κ1) is 23.0. The molecule has 0 amide bonds. The lowest BCUT2D eigenvalue weighted by Gasteiger charge is -2.14. The largest absolute Gasteiger partial charge is 0.490 e. The number of esters is 2. The van der Waals surface area contributed by atoms with Crippen LogP contribution in [0.3, 0.4) is 0 Å². The van der Waals surface area contributed by atoms with Gasteiger partial charge < -0.3 is 18.9 Å². The van der Waals surface area contributed by atoms with E-state index in [0.29, 0.717) is 30.2 Å². The Morgan fingerprint density at radius 1 is 0.824 bits per heavy atom. The van der Waals surface area contributed by atoms with E-state index in [2.05, 4.69) is 0 Å². The Hall–Kier alpha value is -4.17. The quantitative estimate of drug-likeness (QED) is 0.286. The summed E-state index contributed by atoms with van der Waals surface area (Å²) >= 11 is 0. The summed E-state index contributed by atoms with van der Waals surface area (Å²) < 4.78 is 22.6. The molecule has 0 aliphatic carbocycles. The van der Waals surface area contributed by atoms with Gasteiger partial charge in [-0.2, -0.15) is 5.10 Å². The maximum absolute atomic E-state index is 13.1. The van der Waals surface area contributed by atoms with E-state index >= 15 is 0 Å². The van der Waals surface area contributed by atoms with Crippen molar-refractivity contribution in [3.63, 3.8) is 0 Å². The van der Waals surface area contributed by atoms with Crippen molar-refractivity contribution < 1.29 is 28.5 Å². The Kier molecular flexibility index (Phi) is 6.89. The van der Waals surface area contributed by atoms with Crippen LogP contribution in [0, 0.1) is 0 Å². The van der Waals surface area contributed by atoms with Crippen LogP contribution in [-0.2, 0) is 14.2 Å². The molecule has 0 unspecified atom stereocenters. The number of carbonyl (C=O) groups is 2. The van der Waals surface area contributed by atoms with E-state index in [0.717, 1.165) is 10.8 Å². The molecule has 34 heavy (non-hydrogen) atoms. The van der Waals surface area contributed by atoms with Gasteiger partial charge in [0, 0.05) is 7.11 Å². The Bertz CT molecular complexity index is 1330. The molecule has 4 rings (SSSR count). The number of nitrogens with zero attached hydrogens (tertiary/aromatic N) is 2. The topological polar surface area (TPSA) is 88.9 Å². The first-order valence-electron chi connectivity index (χ1n) is 10.6. The fraction of sp³-hybridized carbons (Fsp3) is 0.192. The molecule has 174 valence electrons. The highest BCUT2D eigenvalue weighted by atomic mass is 16.5. The van der Waals surface area contributed by atoms with Gasteiger partial charge >= 0.3 is 11.9 Å². The van der Waals surface area contributed by atoms with E-state index < -0.39 is 11.9 Å². The summed E-state index contributed by atoms with van der Waals surface area (Å²) in [5, 5.41) is 6.45. The highest BCUT2D eigenvalue weighted by molar-refractivity contribution is 6.10. The van der Waals surface area contributed by atoms with Gasteiger partial charge in [-0.05, 0) is 29.0 Å². The van der Waals surface area contributed by atoms with Crippen LogP contribution in [-0.4, -0.2) is 56.3 Å². The van der Waals surface area contributed by atoms with Crippen LogP contribution < -0.4 is 4.74 Å². The maximum atomic E-state index is 13.1. The van der Waals surface area contributed by atoms with E-state index in [9.17, 15) is 9.59 Å². The van der Waals surface area contributed by atoms with Crippen LogP contribution >= 0.6 is 0 Å². The summed E-state index contributed by atoms with van der Waals surface area (Å²) in [4.78, 5) is 26.0. The number of hydrogen-bond donors (Lipinski definition) is 0. The van der Waals surface area contributed by atoms with Gasteiger partial charge in [0.05, 0.1) is 32.1 Å². The minimum absolute atomic E-state index is 0.00820. The smallest absolute Gasteiger partial charge is 0.357 e. The maximum Gasteiger partial charge on any atom is 0.357 e. The van der Waals surface area contributed by atoms with Crippen LogP contribution in [0.1, 0.15) is 20.8 Å². The van der Waals surface area contributed by atoms with E-state index in [1.54, 1.807) is 19.2 Å². The Morgan fingerprint density at radius 2 is 1.53 bits per heavy atom. The fourth-order valence-corrected chi connectivity index (χ4v) is 3.78. The molecule has 0 atom stereocenters. The molecule has 1 aromatic heterocycles. The summed E-state index contributed by atoms with van der Waals surface area (Å²) in [6, 6.07) is 20.4. The van der Waals surface area contributed by atoms with Gasteiger partial charge in [0.1, 0.15) is 23.6 Å². The molecule has 0 bridgehead atoms.